The molecule has 0 saturated carbocycles. The van der Waals surface area contributed by atoms with Crippen LogP contribution in [-0.4, -0.2) is 16.5 Å². The lowest BCUT2D eigenvalue weighted by Crippen LogP contribution is -2.30. The Hall–Kier alpha value is -3.05. The lowest BCUT2D eigenvalue weighted by atomic mass is 10.1. The molecule has 130 valence electrons. The highest BCUT2D eigenvalue weighted by Crippen LogP contribution is 2.27. The molecule has 1 N–H and O–H groups in total. The number of nitrogens with one attached hydrogen (secondary N) is 1. The van der Waals surface area contributed by atoms with Crippen LogP contribution in [0.4, 0.5) is 10.5 Å². The number of urea groups is 1. The van der Waals surface area contributed by atoms with Gasteiger partial charge in [0.05, 0.1) is 5.69 Å². The lowest BCUT2D eigenvalue weighted by Gasteiger charge is -2.11. The normalized spacial score (nSPS) is 15.9. The molecule has 0 unspecified atom stereocenters. The average molecular weight is 366 g/mol. The maximum absolute atomic E-state index is 12.8. The molecule has 4 rings (SSSR count). The van der Waals surface area contributed by atoms with Crippen LogP contribution < -0.4 is 10.2 Å². The Morgan fingerprint density at radius 3 is 2.69 bits per heavy atom. The number of hydrogen-bond acceptors (Lipinski definition) is 2. The summed E-state index contributed by atoms with van der Waals surface area (Å²) in [4.78, 5) is 26.2. The zero-order valence-electron chi connectivity index (χ0n) is 14.1. The van der Waals surface area contributed by atoms with Gasteiger partial charge in [0, 0.05) is 34.2 Å². The van der Waals surface area contributed by atoms with E-state index in [-0.39, 0.29) is 5.70 Å². The summed E-state index contributed by atoms with van der Waals surface area (Å²) in [5, 5.41) is 4.16. The molecular formula is C20H16ClN3O2. The van der Waals surface area contributed by atoms with Gasteiger partial charge >= 0.3 is 6.03 Å². The van der Waals surface area contributed by atoms with E-state index in [0.29, 0.717) is 10.7 Å². The van der Waals surface area contributed by atoms with E-state index in [9.17, 15) is 9.59 Å². The number of amides is 3. The highest BCUT2D eigenvalue weighted by atomic mass is 35.5. The molecule has 2 aromatic carbocycles. The van der Waals surface area contributed by atoms with Crippen molar-refractivity contribution in [3.05, 3.63) is 71.0 Å². The van der Waals surface area contributed by atoms with Gasteiger partial charge in [-0.2, -0.15) is 0 Å². The molecule has 3 amide bonds. The highest BCUT2D eigenvalue weighted by molar-refractivity contribution is 6.32. The van der Waals surface area contributed by atoms with Crippen LogP contribution in [0.1, 0.15) is 12.5 Å². The summed E-state index contributed by atoms with van der Waals surface area (Å²) >= 11 is 5.98. The fraction of sp³-hybridized carbons (Fsp3) is 0.100. The van der Waals surface area contributed by atoms with E-state index in [4.69, 9.17) is 11.6 Å². The number of benzene rings is 2. The van der Waals surface area contributed by atoms with Crippen LogP contribution in [0.2, 0.25) is 5.02 Å². The zero-order valence-corrected chi connectivity index (χ0v) is 14.8. The Labute approximate surface area is 155 Å². The van der Waals surface area contributed by atoms with Crippen molar-refractivity contribution in [2.45, 2.75) is 13.5 Å². The van der Waals surface area contributed by atoms with Crippen molar-refractivity contribution in [1.29, 1.82) is 0 Å². The number of aromatic nitrogens is 1. The number of carbonyl (C=O) groups excluding carboxylic acids is 2. The van der Waals surface area contributed by atoms with Crippen LogP contribution in [0.5, 0.6) is 0 Å². The first-order chi connectivity index (χ1) is 12.6. The molecule has 0 atom stereocenters. The molecule has 6 heteroatoms. The second-order valence-corrected chi connectivity index (χ2v) is 6.43. The number of imide groups is 1. The zero-order chi connectivity index (χ0) is 18.3. The first-order valence-electron chi connectivity index (χ1n) is 8.29. The Morgan fingerprint density at radius 2 is 1.92 bits per heavy atom. The van der Waals surface area contributed by atoms with Gasteiger partial charge in [-0.15, -0.1) is 0 Å². The second-order valence-electron chi connectivity index (χ2n) is 6.00. The van der Waals surface area contributed by atoms with Crippen LogP contribution in [0.25, 0.3) is 17.0 Å². The third-order valence-electron chi connectivity index (χ3n) is 4.40. The van der Waals surface area contributed by atoms with Gasteiger partial charge in [-0.05, 0) is 37.3 Å². The first kappa shape index (κ1) is 16.4. The smallest absolute Gasteiger partial charge is 0.333 e. The third kappa shape index (κ3) is 2.66. The maximum Gasteiger partial charge on any atom is 0.333 e. The Balaban J connectivity index is 1.76. The van der Waals surface area contributed by atoms with Crippen LogP contribution in [0.3, 0.4) is 0 Å². The van der Waals surface area contributed by atoms with Gasteiger partial charge in [-0.3, -0.25) is 4.79 Å². The molecule has 0 spiro atoms. The minimum absolute atomic E-state index is 0.244. The van der Waals surface area contributed by atoms with E-state index in [1.54, 1.807) is 30.3 Å². The van der Waals surface area contributed by atoms with Crippen molar-refractivity contribution in [3.63, 3.8) is 0 Å². The van der Waals surface area contributed by atoms with E-state index in [0.717, 1.165) is 27.9 Å². The van der Waals surface area contributed by atoms with E-state index in [1.807, 2.05) is 30.5 Å². The molecule has 1 aromatic heterocycles. The summed E-state index contributed by atoms with van der Waals surface area (Å²) in [6, 6.07) is 14.2. The van der Waals surface area contributed by atoms with E-state index < -0.39 is 11.9 Å². The van der Waals surface area contributed by atoms with Crippen molar-refractivity contribution in [1.82, 2.24) is 9.88 Å². The Bertz CT molecular complexity index is 1070. The average Bonchev–Trinajstić information content (AvgIpc) is 3.13. The topological polar surface area (TPSA) is 54.3 Å². The molecule has 2 heterocycles. The molecule has 0 aliphatic carbocycles. The predicted molar refractivity (Wildman–Crippen MR) is 103 cm³/mol. The predicted octanol–water partition coefficient (Wildman–Crippen LogP) is 4.41. The number of aryl methyl sites for hydroxylation is 1. The number of para-hydroxylation sites is 1. The number of rotatable bonds is 3. The van der Waals surface area contributed by atoms with Gasteiger partial charge in [-0.1, -0.05) is 35.9 Å². The molecule has 5 nitrogen and oxygen atoms in total. The Morgan fingerprint density at radius 1 is 1.12 bits per heavy atom. The fourth-order valence-corrected chi connectivity index (χ4v) is 3.38. The van der Waals surface area contributed by atoms with Gasteiger partial charge in [-0.25, -0.2) is 9.69 Å². The molecule has 0 radical (unpaired) electrons. The first-order valence-corrected chi connectivity index (χ1v) is 8.67. The summed E-state index contributed by atoms with van der Waals surface area (Å²) in [7, 11) is 0. The molecule has 1 fully saturated rings. The standard InChI is InChI=1S/C20H16ClN3O2/c1-2-23-12-13(16-8-3-4-9-18(16)23)10-17-19(25)24(20(26)22-17)15-7-5-6-14(21)11-15/h3-12H,2H2,1H3,(H,22,26). The number of nitrogens with zero attached hydrogens (tertiary/aromatic N) is 2. The van der Waals surface area contributed by atoms with Crippen molar-refractivity contribution in [2.75, 3.05) is 4.90 Å². The minimum atomic E-state index is -0.484. The van der Waals surface area contributed by atoms with Crippen molar-refractivity contribution in [3.8, 4) is 0 Å². The van der Waals surface area contributed by atoms with Gasteiger partial charge in [0.2, 0.25) is 0 Å². The number of halogens is 1. The molecular weight excluding hydrogens is 350 g/mol. The van der Waals surface area contributed by atoms with E-state index in [1.165, 1.54) is 0 Å². The highest BCUT2D eigenvalue weighted by Gasteiger charge is 2.35. The third-order valence-corrected chi connectivity index (χ3v) is 4.64. The van der Waals surface area contributed by atoms with Crippen LogP contribution in [0.15, 0.2) is 60.4 Å². The van der Waals surface area contributed by atoms with Crippen molar-refractivity contribution >= 4 is 46.2 Å². The second kappa shape index (κ2) is 6.35. The molecule has 26 heavy (non-hydrogen) atoms. The van der Waals surface area contributed by atoms with Crippen LogP contribution >= 0.6 is 11.6 Å². The molecule has 1 saturated heterocycles. The summed E-state index contributed by atoms with van der Waals surface area (Å²) < 4.78 is 2.11. The summed E-state index contributed by atoms with van der Waals surface area (Å²) in [6.07, 6.45) is 3.71. The number of hydrogen-bond donors (Lipinski definition) is 1. The van der Waals surface area contributed by atoms with E-state index >= 15 is 0 Å². The summed E-state index contributed by atoms with van der Waals surface area (Å²) in [6.45, 7) is 2.88. The van der Waals surface area contributed by atoms with Gasteiger partial charge in [0.15, 0.2) is 0 Å². The monoisotopic (exact) mass is 365 g/mol. The minimum Gasteiger partial charge on any atom is -0.347 e. The SMILES string of the molecule is CCn1cc(C=C2NC(=O)N(c3cccc(Cl)c3)C2=O)c2ccccc21. The molecule has 1 aliphatic rings. The molecule has 3 aromatic rings. The van der Waals surface area contributed by atoms with Crippen LogP contribution in [-0.2, 0) is 11.3 Å². The molecule has 1 aliphatic heterocycles. The Kier molecular flexibility index (Phi) is 4.01. The van der Waals surface area contributed by atoms with Crippen molar-refractivity contribution in [2.24, 2.45) is 0 Å². The van der Waals surface area contributed by atoms with Gasteiger partial charge in [0.1, 0.15) is 5.70 Å². The van der Waals surface area contributed by atoms with Gasteiger partial charge in [0.25, 0.3) is 5.91 Å². The van der Waals surface area contributed by atoms with Gasteiger partial charge < -0.3 is 9.88 Å². The maximum atomic E-state index is 12.8. The largest absolute Gasteiger partial charge is 0.347 e. The summed E-state index contributed by atoms with van der Waals surface area (Å²) in [5.74, 6) is -0.398. The fourth-order valence-electron chi connectivity index (χ4n) is 3.19. The lowest BCUT2D eigenvalue weighted by molar-refractivity contribution is -0.113. The number of anilines is 1. The molecule has 0 bridgehead atoms. The summed E-state index contributed by atoms with van der Waals surface area (Å²) in [5.41, 5.74) is 2.66. The number of carbonyl (C=O) groups is 2. The van der Waals surface area contributed by atoms with E-state index in [2.05, 4.69) is 16.8 Å². The number of fused-ring (bicyclic) bond motifs is 1. The van der Waals surface area contributed by atoms with Crippen LogP contribution in [0, 0.1) is 0 Å². The van der Waals surface area contributed by atoms with Crippen molar-refractivity contribution < 1.29 is 9.59 Å². The quantitative estimate of drug-likeness (QED) is 0.552.